The molecule has 0 saturated heterocycles. The molecular weight excluding hydrogens is 286 g/mol. The zero-order valence-corrected chi connectivity index (χ0v) is 13.6. The van der Waals surface area contributed by atoms with E-state index in [0.29, 0.717) is 31.6 Å². The largest absolute Gasteiger partial charge is 0.383 e. The number of rotatable bonds is 8. The van der Waals surface area contributed by atoms with Crippen molar-refractivity contribution in [3.63, 3.8) is 0 Å². The first-order valence-electron chi connectivity index (χ1n) is 7.94. The number of nitrogens with two attached hydrogens (primary N) is 1. The minimum absolute atomic E-state index is 0.327. The van der Waals surface area contributed by atoms with E-state index in [4.69, 9.17) is 10.5 Å². The Morgan fingerprint density at radius 2 is 1.61 bits per heavy atom. The van der Waals surface area contributed by atoms with Gasteiger partial charge in [-0.15, -0.1) is 0 Å². The predicted octanol–water partition coefficient (Wildman–Crippen LogP) is 2.76. The van der Waals surface area contributed by atoms with Gasteiger partial charge < -0.3 is 15.8 Å². The number of hydrogen-bond acceptors (Lipinski definition) is 2. The van der Waals surface area contributed by atoms with E-state index in [-0.39, 0.29) is 0 Å². The smallest absolute Gasteiger partial charge is 0.188 e. The molecule has 2 aromatic rings. The molecule has 0 aliphatic rings. The molecule has 0 heterocycles. The Balaban J connectivity index is 2.00. The monoisotopic (exact) mass is 311 g/mol. The van der Waals surface area contributed by atoms with Crippen molar-refractivity contribution in [3.05, 3.63) is 71.8 Å². The molecule has 0 amide bonds. The van der Waals surface area contributed by atoms with Gasteiger partial charge in [0, 0.05) is 26.1 Å². The summed E-state index contributed by atoms with van der Waals surface area (Å²) in [6, 6.07) is 21.1. The van der Waals surface area contributed by atoms with Crippen LogP contribution in [-0.2, 0) is 4.74 Å². The van der Waals surface area contributed by atoms with Crippen LogP contribution in [0.4, 0.5) is 0 Å². The predicted molar refractivity (Wildman–Crippen MR) is 95.7 cm³/mol. The van der Waals surface area contributed by atoms with Crippen molar-refractivity contribution < 1.29 is 4.74 Å². The van der Waals surface area contributed by atoms with E-state index in [1.807, 2.05) is 12.1 Å². The lowest BCUT2D eigenvalue weighted by atomic mass is 9.89. The van der Waals surface area contributed by atoms with Crippen molar-refractivity contribution >= 4 is 5.96 Å². The van der Waals surface area contributed by atoms with Gasteiger partial charge in [-0.1, -0.05) is 60.7 Å². The molecule has 0 atom stereocenters. The Hall–Kier alpha value is -2.33. The number of ether oxygens (including phenoxy) is 1. The van der Waals surface area contributed by atoms with Gasteiger partial charge in [0.15, 0.2) is 5.96 Å². The Morgan fingerprint density at radius 1 is 1.04 bits per heavy atom. The van der Waals surface area contributed by atoms with Crippen molar-refractivity contribution in [1.29, 1.82) is 0 Å². The van der Waals surface area contributed by atoms with Gasteiger partial charge in [-0.3, -0.25) is 4.99 Å². The average Bonchev–Trinajstić information content (AvgIpc) is 2.60. The number of nitrogens with zero attached hydrogens (tertiary/aromatic N) is 1. The molecule has 0 aliphatic heterocycles. The van der Waals surface area contributed by atoms with Gasteiger partial charge >= 0.3 is 0 Å². The normalized spacial score (nSPS) is 11.7. The fourth-order valence-electron chi connectivity index (χ4n) is 2.55. The van der Waals surface area contributed by atoms with Crippen molar-refractivity contribution in [2.45, 2.75) is 12.3 Å². The molecule has 0 bridgehead atoms. The second-order valence-corrected chi connectivity index (χ2v) is 5.35. The van der Waals surface area contributed by atoms with Crippen LogP contribution in [0, 0.1) is 0 Å². The van der Waals surface area contributed by atoms with Crippen molar-refractivity contribution in [2.24, 2.45) is 10.7 Å². The summed E-state index contributed by atoms with van der Waals surface area (Å²) in [5, 5.41) is 3.04. The van der Waals surface area contributed by atoms with Crippen LogP contribution in [0.5, 0.6) is 0 Å². The molecule has 0 saturated carbocycles. The first-order valence-corrected chi connectivity index (χ1v) is 7.94. The second kappa shape index (κ2) is 9.64. The SMILES string of the molecule is COCCNC(N)=NCCC(c1ccccc1)c1ccccc1. The van der Waals surface area contributed by atoms with Crippen LogP contribution in [0.1, 0.15) is 23.5 Å². The Kier molecular flexibility index (Phi) is 7.14. The summed E-state index contributed by atoms with van der Waals surface area (Å²) in [4.78, 5) is 4.41. The molecule has 122 valence electrons. The van der Waals surface area contributed by atoms with Crippen molar-refractivity contribution in [3.8, 4) is 0 Å². The maximum atomic E-state index is 5.86. The Bertz CT molecular complexity index is 545. The molecule has 2 aromatic carbocycles. The highest BCUT2D eigenvalue weighted by atomic mass is 16.5. The number of hydrogen-bond donors (Lipinski definition) is 2. The molecule has 0 unspecified atom stereocenters. The zero-order chi connectivity index (χ0) is 16.3. The third kappa shape index (κ3) is 5.75. The highest BCUT2D eigenvalue weighted by Gasteiger charge is 2.13. The summed E-state index contributed by atoms with van der Waals surface area (Å²) in [6.07, 6.45) is 0.917. The first kappa shape index (κ1) is 17.0. The number of benzene rings is 2. The fourth-order valence-corrected chi connectivity index (χ4v) is 2.55. The molecule has 4 nitrogen and oxygen atoms in total. The van der Waals surface area contributed by atoms with Gasteiger partial charge in [-0.05, 0) is 17.5 Å². The van der Waals surface area contributed by atoms with Gasteiger partial charge in [0.25, 0.3) is 0 Å². The summed E-state index contributed by atoms with van der Waals surface area (Å²) in [6.45, 7) is 1.97. The van der Waals surface area contributed by atoms with Crippen molar-refractivity contribution in [2.75, 3.05) is 26.8 Å². The molecule has 3 N–H and O–H groups in total. The highest BCUT2D eigenvalue weighted by molar-refractivity contribution is 5.77. The maximum absolute atomic E-state index is 5.86. The van der Waals surface area contributed by atoms with E-state index < -0.39 is 0 Å². The summed E-state index contributed by atoms with van der Waals surface area (Å²) in [7, 11) is 1.67. The average molecular weight is 311 g/mol. The molecule has 0 fully saturated rings. The van der Waals surface area contributed by atoms with Gasteiger partial charge in [-0.2, -0.15) is 0 Å². The molecule has 23 heavy (non-hydrogen) atoms. The topological polar surface area (TPSA) is 59.6 Å². The number of aliphatic imine (C=N–C) groups is 1. The number of guanidine groups is 1. The van der Waals surface area contributed by atoms with E-state index in [1.165, 1.54) is 11.1 Å². The summed E-state index contributed by atoms with van der Waals surface area (Å²) in [5.74, 6) is 0.801. The number of nitrogens with one attached hydrogen (secondary N) is 1. The summed E-state index contributed by atoms with van der Waals surface area (Å²) in [5.41, 5.74) is 8.47. The van der Waals surface area contributed by atoms with Crippen LogP contribution in [0.25, 0.3) is 0 Å². The van der Waals surface area contributed by atoms with E-state index in [9.17, 15) is 0 Å². The Morgan fingerprint density at radius 3 is 2.13 bits per heavy atom. The summed E-state index contributed by atoms with van der Waals surface area (Å²) >= 11 is 0. The molecule has 0 aliphatic carbocycles. The molecule has 0 aromatic heterocycles. The third-order valence-corrected chi connectivity index (χ3v) is 3.72. The Labute approximate surface area is 138 Å². The molecule has 0 spiro atoms. The number of methoxy groups -OCH3 is 1. The van der Waals surface area contributed by atoms with Crippen LogP contribution in [-0.4, -0.2) is 32.8 Å². The summed E-state index contributed by atoms with van der Waals surface area (Å²) < 4.78 is 4.98. The van der Waals surface area contributed by atoms with Crippen LogP contribution < -0.4 is 11.1 Å². The standard InChI is InChI=1S/C19H25N3O/c1-23-15-14-22-19(20)21-13-12-18(16-8-4-2-5-9-16)17-10-6-3-7-11-17/h2-11,18H,12-15H2,1H3,(H3,20,21,22). The minimum Gasteiger partial charge on any atom is -0.383 e. The molecule has 2 rings (SSSR count). The third-order valence-electron chi connectivity index (χ3n) is 3.72. The lowest BCUT2D eigenvalue weighted by Gasteiger charge is -2.17. The van der Waals surface area contributed by atoms with Crippen LogP contribution in [0.2, 0.25) is 0 Å². The fraction of sp³-hybridized carbons (Fsp3) is 0.316. The van der Waals surface area contributed by atoms with Gasteiger partial charge in [-0.25, -0.2) is 0 Å². The van der Waals surface area contributed by atoms with E-state index >= 15 is 0 Å². The van der Waals surface area contributed by atoms with E-state index in [1.54, 1.807) is 7.11 Å². The minimum atomic E-state index is 0.327. The van der Waals surface area contributed by atoms with E-state index in [2.05, 4.69) is 58.8 Å². The maximum Gasteiger partial charge on any atom is 0.188 e. The van der Waals surface area contributed by atoms with Crippen LogP contribution >= 0.6 is 0 Å². The van der Waals surface area contributed by atoms with Gasteiger partial charge in [0.2, 0.25) is 0 Å². The van der Waals surface area contributed by atoms with Gasteiger partial charge in [0.1, 0.15) is 0 Å². The highest BCUT2D eigenvalue weighted by Crippen LogP contribution is 2.27. The van der Waals surface area contributed by atoms with Crippen molar-refractivity contribution in [1.82, 2.24) is 5.32 Å². The van der Waals surface area contributed by atoms with E-state index in [0.717, 1.165) is 6.42 Å². The lowest BCUT2D eigenvalue weighted by molar-refractivity contribution is 0.204. The quantitative estimate of drug-likeness (QED) is 0.448. The van der Waals surface area contributed by atoms with Crippen LogP contribution in [0.3, 0.4) is 0 Å². The first-order chi connectivity index (χ1) is 11.3. The lowest BCUT2D eigenvalue weighted by Crippen LogP contribution is -2.34. The molecule has 4 heteroatoms. The van der Waals surface area contributed by atoms with Crippen LogP contribution in [0.15, 0.2) is 65.7 Å². The molecule has 0 radical (unpaired) electrons. The van der Waals surface area contributed by atoms with Gasteiger partial charge in [0.05, 0.1) is 6.61 Å². The second-order valence-electron chi connectivity index (χ2n) is 5.35. The molecular formula is C19H25N3O. The zero-order valence-electron chi connectivity index (χ0n) is 13.6.